The molecule has 2 nitrogen and oxygen atoms in total. The fraction of sp³-hybridized carbons (Fsp3) is 0.294. The molecule has 0 saturated carbocycles. The number of alkyl halides is 3. The summed E-state index contributed by atoms with van der Waals surface area (Å²) in [6.45, 7) is 0.979. The third-order valence-electron chi connectivity index (χ3n) is 3.03. The van der Waals surface area contributed by atoms with Crippen molar-refractivity contribution < 1.29 is 17.6 Å². The van der Waals surface area contributed by atoms with Crippen LogP contribution in [0.15, 0.2) is 48.5 Å². The van der Waals surface area contributed by atoms with E-state index in [2.05, 4.69) is 0 Å². The van der Waals surface area contributed by atoms with Crippen molar-refractivity contribution in [2.75, 3.05) is 13.1 Å². The largest absolute Gasteiger partial charge is 0.416 e. The summed E-state index contributed by atoms with van der Waals surface area (Å²) in [7, 11) is 0. The van der Waals surface area contributed by atoms with Crippen molar-refractivity contribution >= 4 is 0 Å². The first-order valence-electron chi connectivity index (χ1n) is 7.17. The predicted molar refractivity (Wildman–Crippen MR) is 83.4 cm³/mol. The molecule has 0 atom stereocenters. The lowest BCUT2D eigenvalue weighted by Gasteiger charge is -2.07. The highest BCUT2D eigenvalue weighted by atomic mass is 19.4. The summed E-state index contributed by atoms with van der Waals surface area (Å²) >= 11 is 0. The molecule has 2 rings (SSSR count). The molecule has 4 N–H and O–H groups in total. The summed E-state index contributed by atoms with van der Waals surface area (Å²) < 4.78 is 48.8. The van der Waals surface area contributed by atoms with Crippen molar-refractivity contribution in [1.29, 1.82) is 0 Å². The molecular formula is C17H20F4N2. The van der Waals surface area contributed by atoms with Crippen LogP contribution in [0, 0.1) is 5.82 Å². The lowest BCUT2D eigenvalue weighted by atomic mass is 10.1. The monoisotopic (exact) mass is 328 g/mol. The van der Waals surface area contributed by atoms with Gasteiger partial charge in [-0.25, -0.2) is 4.39 Å². The first-order chi connectivity index (χ1) is 10.9. The Kier molecular flexibility index (Phi) is 7.71. The molecule has 0 aliphatic heterocycles. The Labute approximate surface area is 133 Å². The van der Waals surface area contributed by atoms with Crippen molar-refractivity contribution in [2.45, 2.75) is 19.0 Å². The van der Waals surface area contributed by atoms with Gasteiger partial charge >= 0.3 is 6.18 Å². The fourth-order valence-electron chi connectivity index (χ4n) is 1.89. The van der Waals surface area contributed by atoms with Crippen LogP contribution in [-0.4, -0.2) is 13.1 Å². The summed E-state index contributed by atoms with van der Waals surface area (Å²) in [4.78, 5) is 0. The predicted octanol–water partition coefficient (Wildman–Crippen LogP) is 3.53. The Hall–Kier alpha value is -1.92. The zero-order chi connectivity index (χ0) is 17.3. The van der Waals surface area contributed by atoms with E-state index in [1.807, 2.05) is 0 Å². The summed E-state index contributed by atoms with van der Waals surface area (Å²) in [6.07, 6.45) is -2.96. The molecule has 0 unspecified atom stereocenters. The molecule has 0 fully saturated rings. The quantitative estimate of drug-likeness (QED) is 0.844. The molecule has 2 aromatic rings. The molecule has 2 aromatic carbocycles. The Balaban J connectivity index is 0.000000238. The molecule has 23 heavy (non-hydrogen) atoms. The van der Waals surface area contributed by atoms with E-state index in [1.165, 1.54) is 18.2 Å². The molecule has 126 valence electrons. The van der Waals surface area contributed by atoms with Crippen LogP contribution in [0.5, 0.6) is 0 Å². The smallest absolute Gasteiger partial charge is 0.330 e. The number of hydrogen-bond acceptors (Lipinski definition) is 2. The third kappa shape index (κ3) is 7.25. The van der Waals surface area contributed by atoms with Gasteiger partial charge in [0.25, 0.3) is 0 Å². The standard InChI is InChI=1S/C9H10F3N.C8H10FN/c10-9(11,12)8-3-1-2-7(6-8)4-5-13;9-8-3-1-7(2-4-8)5-6-10/h1-3,6H,4-5,13H2;1-4H,5-6,10H2. The lowest BCUT2D eigenvalue weighted by molar-refractivity contribution is -0.137. The molecule has 0 aliphatic rings. The van der Waals surface area contributed by atoms with Gasteiger partial charge < -0.3 is 11.5 Å². The van der Waals surface area contributed by atoms with E-state index in [9.17, 15) is 17.6 Å². The highest BCUT2D eigenvalue weighted by Gasteiger charge is 2.30. The van der Waals surface area contributed by atoms with Gasteiger partial charge in [-0.3, -0.25) is 0 Å². The zero-order valence-electron chi connectivity index (χ0n) is 12.6. The van der Waals surface area contributed by atoms with Gasteiger partial charge in [-0.1, -0.05) is 30.3 Å². The van der Waals surface area contributed by atoms with Crippen molar-refractivity contribution in [3.63, 3.8) is 0 Å². The lowest BCUT2D eigenvalue weighted by Crippen LogP contribution is -2.07. The Morgan fingerprint density at radius 3 is 1.87 bits per heavy atom. The zero-order valence-corrected chi connectivity index (χ0v) is 12.6. The maximum atomic E-state index is 12.3. The van der Waals surface area contributed by atoms with Crippen LogP contribution in [0.2, 0.25) is 0 Å². The van der Waals surface area contributed by atoms with Crippen LogP contribution in [0.1, 0.15) is 16.7 Å². The van der Waals surface area contributed by atoms with Crippen LogP contribution in [0.25, 0.3) is 0 Å². The van der Waals surface area contributed by atoms with Crippen LogP contribution in [-0.2, 0) is 19.0 Å². The van der Waals surface area contributed by atoms with E-state index in [-0.39, 0.29) is 5.82 Å². The van der Waals surface area contributed by atoms with Crippen molar-refractivity contribution in [3.05, 3.63) is 71.0 Å². The number of benzene rings is 2. The maximum absolute atomic E-state index is 12.3. The van der Waals surface area contributed by atoms with Gasteiger partial charge in [0, 0.05) is 0 Å². The second-order valence-corrected chi connectivity index (χ2v) is 4.90. The Bertz CT molecular complexity index is 580. The highest BCUT2D eigenvalue weighted by Crippen LogP contribution is 2.29. The molecule has 0 spiro atoms. The average Bonchev–Trinajstić information content (AvgIpc) is 2.50. The first-order valence-corrected chi connectivity index (χ1v) is 7.17. The highest BCUT2D eigenvalue weighted by molar-refractivity contribution is 5.25. The topological polar surface area (TPSA) is 52.0 Å². The number of halogens is 4. The van der Waals surface area contributed by atoms with E-state index >= 15 is 0 Å². The van der Waals surface area contributed by atoms with Crippen molar-refractivity contribution in [1.82, 2.24) is 0 Å². The number of rotatable bonds is 4. The van der Waals surface area contributed by atoms with Gasteiger partial charge in [-0.05, 0) is 55.3 Å². The van der Waals surface area contributed by atoms with E-state index in [4.69, 9.17) is 11.5 Å². The molecule has 0 aliphatic carbocycles. The minimum Gasteiger partial charge on any atom is -0.330 e. The van der Waals surface area contributed by atoms with Gasteiger partial charge in [-0.15, -0.1) is 0 Å². The summed E-state index contributed by atoms with van der Waals surface area (Å²) in [6, 6.07) is 11.6. The Morgan fingerprint density at radius 1 is 0.783 bits per heavy atom. The second kappa shape index (κ2) is 9.27. The van der Waals surface area contributed by atoms with E-state index in [0.29, 0.717) is 25.1 Å². The molecule has 0 heterocycles. The minimum absolute atomic E-state index is 0.194. The van der Waals surface area contributed by atoms with Gasteiger partial charge in [0.1, 0.15) is 5.82 Å². The van der Waals surface area contributed by atoms with Crippen LogP contribution in [0.4, 0.5) is 17.6 Å². The first kappa shape index (κ1) is 19.1. The summed E-state index contributed by atoms with van der Waals surface area (Å²) in [5.41, 5.74) is 11.6. The van der Waals surface area contributed by atoms with Gasteiger partial charge in [0.15, 0.2) is 0 Å². The Morgan fingerprint density at radius 2 is 1.35 bits per heavy atom. The summed E-state index contributed by atoms with van der Waals surface area (Å²) in [5, 5.41) is 0. The molecule has 6 heteroatoms. The normalized spacial score (nSPS) is 10.9. The average molecular weight is 328 g/mol. The molecule has 0 saturated heterocycles. The molecule has 0 amide bonds. The van der Waals surface area contributed by atoms with Crippen molar-refractivity contribution in [3.8, 4) is 0 Å². The van der Waals surface area contributed by atoms with E-state index < -0.39 is 11.7 Å². The van der Waals surface area contributed by atoms with Crippen molar-refractivity contribution in [2.24, 2.45) is 11.5 Å². The van der Waals surface area contributed by atoms with Crippen LogP contribution in [0.3, 0.4) is 0 Å². The third-order valence-corrected chi connectivity index (χ3v) is 3.03. The maximum Gasteiger partial charge on any atom is 0.416 e. The number of nitrogens with two attached hydrogens (primary N) is 2. The second-order valence-electron chi connectivity index (χ2n) is 4.90. The van der Waals surface area contributed by atoms with Gasteiger partial charge in [0.2, 0.25) is 0 Å². The van der Waals surface area contributed by atoms with Gasteiger partial charge in [0.05, 0.1) is 5.56 Å². The van der Waals surface area contributed by atoms with E-state index in [1.54, 1.807) is 18.2 Å². The van der Waals surface area contributed by atoms with Gasteiger partial charge in [-0.2, -0.15) is 13.2 Å². The number of hydrogen-bond donors (Lipinski definition) is 2. The minimum atomic E-state index is -4.26. The SMILES string of the molecule is NCCc1ccc(F)cc1.NCCc1cccc(C(F)(F)F)c1. The molecular weight excluding hydrogens is 308 g/mol. The van der Waals surface area contributed by atoms with Crippen LogP contribution < -0.4 is 11.5 Å². The van der Waals surface area contributed by atoms with E-state index in [0.717, 1.165) is 24.1 Å². The van der Waals surface area contributed by atoms with Crippen LogP contribution >= 0.6 is 0 Å². The molecule has 0 radical (unpaired) electrons. The molecule has 0 aromatic heterocycles. The fourth-order valence-corrected chi connectivity index (χ4v) is 1.89. The summed E-state index contributed by atoms with van der Waals surface area (Å²) in [5.74, 6) is -0.194. The molecule has 0 bridgehead atoms.